The maximum absolute atomic E-state index is 11.6. The number of ether oxygens (including phenoxy) is 5. The zero-order chi connectivity index (χ0) is 21.4. The summed E-state index contributed by atoms with van der Waals surface area (Å²) in [7, 11) is 0. The lowest BCUT2D eigenvalue weighted by Gasteiger charge is -2.43. The van der Waals surface area contributed by atoms with Crippen LogP contribution >= 0.6 is 0 Å². The van der Waals surface area contributed by atoms with Crippen LogP contribution in [0, 0.1) is 0 Å². The van der Waals surface area contributed by atoms with E-state index in [1.165, 1.54) is 0 Å². The van der Waals surface area contributed by atoms with Gasteiger partial charge < -0.3 is 23.7 Å². The van der Waals surface area contributed by atoms with Crippen LogP contribution in [0.5, 0.6) is 0 Å². The maximum Gasteiger partial charge on any atom is 0.339 e. The van der Waals surface area contributed by atoms with Crippen LogP contribution in [0.2, 0.25) is 0 Å². The average molecular weight is 406 g/mol. The SMILES string of the molecule is CC(=O)OC[C@H]1OC(OOC(C)=O)[C@H](OC(C)=O)[C@@H](OC(C)=O)[C@@H]1OC(C)=O. The second-order valence-corrected chi connectivity index (χ2v) is 5.74. The highest BCUT2D eigenvalue weighted by Crippen LogP contribution is 2.30. The van der Waals surface area contributed by atoms with Crippen molar-refractivity contribution in [1.82, 2.24) is 0 Å². The Morgan fingerprint density at radius 2 is 1.18 bits per heavy atom. The molecule has 1 fully saturated rings. The van der Waals surface area contributed by atoms with Gasteiger partial charge in [0.25, 0.3) is 0 Å². The van der Waals surface area contributed by atoms with Gasteiger partial charge in [0.05, 0.1) is 0 Å². The largest absolute Gasteiger partial charge is 0.463 e. The normalized spacial score (nSPS) is 26.5. The van der Waals surface area contributed by atoms with E-state index < -0.39 is 67.2 Å². The molecule has 12 heteroatoms. The molecule has 0 aromatic rings. The Morgan fingerprint density at radius 1 is 0.679 bits per heavy atom. The zero-order valence-electron chi connectivity index (χ0n) is 16.0. The van der Waals surface area contributed by atoms with Crippen molar-refractivity contribution in [3.05, 3.63) is 0 Å². The first-order valence-corrected chi connectivity index (χ1v) is 8.15. The molecular weight excluding hydrogens is 384 g/mol. The Balaban J connectivity index is 3.26. The van der Waals surface area contributed by atoms with E-state index in [9.17, 15) is 24.0 Å². The van der Waals surface area contributed by atoms with Gasteiger partial charge in [0.1, 0.15) is 12.7 Å². The maximum atomic E-state index is 11.6. The molecule has 1 heterocycles. The Morgan fingerprint density at radius 3 is 1.64 bits per heavy atom. The van der Waals surface area contributed by atoms with Crippen molar-refractivity contribution < 1.29 is 57.4 Å². The summed E-state index contributed by atoms with van der Waals surface area (Å²) in [5, 5.41) is 0. The van der Waals surface area contributed by atoms with Gasteiger partial charge in [-0.05, 0) is 0 Å². The van der Waals surface area contributed by atoms with Crippen LogP contribution < -0.4 is 0 Å². The van der Waals surface area contributed by atoms with Crippen LogP contribution in [-0.2, 0) is 57.4 Å². The van der Waals surface area contributed by atoms with Gasteiger partial charge in [-0.15, -0.1) is 4.89 Å². The predicted octanol–water partition coefficient (Wildman–Crippen LogP) is -0.436. The van der Waals surface area contributed by atoms with E-state index in [0.29, 0.717) is 0 Å². The Bertz CT molecular complexity index is 571. The number of carbonyl (C=O) groups is 5. The summed E-state index contributed by atoms with van der Waals surface area (Å²) in [5.74, 6) is -3.86. The smallest absolute Gasteiger partial charge is 0.339 e. The summed E-state index contributed by atoms with van der Waals surface area (Å²) in [5.41, 5.74) is 0. The molecule has 0 N–H and O–H groups in total. The molecule has 0 spiro atoms. The Hall–Kier alpha value is -2.73. The van der Waals surface area contributed by atoms with E-state index >= 15 is 0 Å². The third kappa shape index (κ3) is 7.48. The zero-order valence-corrected chi connectivity index (χ0v) is 16.0. The summed E-state index contributed by atoms with van der Waals surface area (Å²) in [6.45, 7) is 5.01. The molecule has 0 aromatic heterocycles. The minimum Gasteiger partial charge on any atom is -0.463 e. The predicted molar refractivity (Wildman–Crippen MR) is 84.8 cm³/mol. The van der Waals surface area contributed by atoms with Crippen molar-refractivity contribution in [3.63, 3.8) is 0 Å². The molecule has 1 rings (SSSR count). The summed E-state index contributed by atoms with van der Waals surface area (Å²) >= 11 is 0. The summed E-state index contributed by atoms with van der Waals surface area (Å²) in [6, 6.07) is 0. The molecule has 0 radical (unpaired) electrons. The molecule has 1 aliphatic heterocycles. The second kappa shape index (κ2) is 10.6. The molecule has 0 amide bonds. The van der Waals surface area contributed by atoms with Gasteiger partial charge in [0.15, 0.2) is 18.3 Å². The van der Waals surface area contributed by atoms with Crippen molar-refractivity contribution >= 4 is 29.8 Å². The van der Waals surface area contributed by atoms with Gasteiger partial charge in [-0.2, -0.15) is 0 Å². The minimum absolute atomic E-state index is 0.419. The first-order chi connectivity index (χ1) is 13.0. The van der Waals surface area contributed by atoms with Crippen LogP contribution in [0.15, 0.2) is 0 Å². The molecule has 1 unspecified atom stereocenters. The topological polar surface area (TPSA) is 150 Å². The van der Waals surface area contributed by atoms with Gasteiger partial charge >= 0.3 is 29.8 Å². The van der Waals surface area contributed by atoms with Crippen LogP contribution in [-0.4, -0.2) is 67.2 Å². The molecule has 0 saturated carbocycles. The monoisotopic (exact) mass is 406 g/mol. The summed E-state index contributed by atoms with van der Waals surface area (Å²) in [4.78, 5) is 66.0. The molecule has 1 aliphatic rings. The minimum atomic E-state index is -1.57. The van der Waals surface area contributed by atoms with Gasteiger partial charge in [-0.25, -0.2) is 4.79 Å². The van der Waals surface area contributed by atoms with E-state index in [-0.39, 0.29) is 0 Å². The number of esters is 4. The molecule has 1 saturated heterocycles. The van der Waals surface area contributed by atoms with Crippen LogP contribution in [0.3, 0.4) is 0 Å². The highest BCUT2D eigenvalue weighted by Gasteiger charge is 2.53. The molecule has 5 atom stereocenters. The van der Waals surface area contributed by atoms with E-state index in [1.807, 2.05) is 0 Å². The number of hydrogen-bond acceptors (Lipinski definition) is 12. The fraction of sp³-hybridized carbons (Fsp3) is 0.688. The third-order valence-corrected chi connectivity index (χ3v) is 3.21. The lowest BCUT2D eigenvalue weighted by atomic mass is 9.98. The standard InChI is InChI=1S/C16H22O12/c1-7(17)22-6-12-13(23-8(2)18)14(24-9(3)19)15(25-10(4)20)16(26-12)28-27-11(5)21/h12-16H,6H2,1-5H3/t12-,13-,14+,15-,16?/m1/s1. The molecule has 0 bridgehead atoms. The summed E-state index contributed by atoms with van der Waals surface area (Å²) in [6.07, 6.45) is -6.94. The first-order valence-electron chi connectivity index (χ1n) is 8.15. The highest BCUT2D eigenvalue weighted by molar-refractivity contribution is 5.68. The number of carbonyl (C=O) groups excluding carboxylic acids is 5. The lowest BCUT2D eigenvalue weighted by Crippen LogP contribution is -2.63. The highest BCUT2D eigenvalue weighted by atomic mass is 17.2. The van der Waals surface area contributed by atoms with Crippen LogP contribution in [0.1, 0.15) is 34.6 Å². The van der Waals surface area contributed by atoms with Crippen molar-refractivity contribution in [2.45, 2.75) is 65.3 Å². The van der Waals surface area contributed by atoms with E-state index in [1.54, 1.807) is 0 Å². The lowest BCUT2D eigenvalue weighted by molar-refractivity contribution is -0.404. The van der Waals surface area contributed by atoms with Gasteiger partial charge in [-0.3, -0.25) is 24.1 Å². The fourth-order valence-corrected chi connectivity index (χ4v) is 2.38. The van der Waals surface area contributed by atoms with Crippen molar-refractivity contribution in [2.24, 2.45) is 0 Å². The van der Waals surface area contributed by atoms with Crippen molar-refractivity contribution in [1.29, 1.82) is 0 Å². The average Bonchev–Trinajstić information content (AvgIpc) is 2.54. The molecule has 28 heavy (non-hydrogen) atoms. The van der Waals surface area contributed by atoms with Gasteiger partial charge in [-0.1, -0.05) is 0 Å². The van der Waals surface area contributed by atoms with Crippen LogP contribution in [0.25, 0.3) is 0 Å². The molecule has 0 aromatic carbocycles. The Labute approximate surface area is 160 Å². The molecule has 158 valence electrons. The fourth-order valence-electron chi connectivity index (χ4n) is 2.38. The second-order valence-electron chi connectivity index (χ2n) is 5.74. The van der Waals surface area contributed by atoms with Crippen molar-refractivity contribution in [2.75, 3.05) is 6.61 Å². The quantitative estimate of drug-likeness (QED) is 0.233. The number of rotatable bonds is 7. The molecule has 0 aliphatic carbocycles. The van der Waals surface area contributed by atoms with Gasteiger partial charge in [0.2, 0.25) is 6.29 Å². The first kappa shape index (κ1) is 23.3. The number of hydrogen-bond donors (Lipinski definition) is 0. The Kier molecular flexibility index (Phi) is 8.79. The van der Waals surface area contributed by atoms with E-state index in [0.717, 1.165) is 34.6 Å². The third-order valence-electron chi connectivity index (χ3n) is 3.21. The summed E-state index contributed by atoms with van der Waals surface area (Å²) < 4.78 is 25.8. The van der Waals surface area contributed by atoms with E-state index in [2.05, 4.69) is 4.89 Å². The van der Waals surface area contributed by atoms with Gasteiger partial charge in [0, 0.05) is 34.6 Å². The van der Waals surface area contributed by atoms with E-state index in [4.69, 9.17) is 28.6 Å². The van der Waals surface area contributed by atoms with Crippen LogP contribution in [0.4, 0.5) is 0 Å². The molecule has 12 nitrogen and oxygen atoms in total. The molecular formula is C16H22O12. The van der Waals surface area contributed by atoms with Crippen molar-refractivity contribution in [3.8, 4) is 0 Å².